The molecule has 1 aromatic heterocycles. The second-order valence-electron chi connectivity index (χ2n) is 7.76. The van der Waals surface area contributed by atoms with E-state index in [1.807, 2.05) is 30.3 Å². The van der Waals surface area contributed by atoms with Crippen molar-refractivity contribution in [2.45, 2.75) is 25.3 Å². The van der Waals surface area contributed by atoms with Gasteiger partial charge in [-0.2, -0.15) is 5.10 Å². The maximum atomic E-state index is 13.0. The Bertz CT molecular complexity index is 1090. The highest BCUT2D eigenvalue weighted by Gasteiger charge is 2.29. The van der Waals surface area contributed by atoms with Gasteiger partial charge < -0.3 is 9.64 Å². The number of hydrogen-bond donors (Lipinski definition) is 0. The van der Waals surface area contributed by atoms with Crippen molar-refractivity contribution >= 4 is 5.91 Å². The zero-order valence-corrected chi connectivity index (χ0v) is 17.4. The lowest BCUT2D eigenvalue weighted by Crippen LogP contribution is -2.42. The number of rotatable bonds is 6. The van der Waals surface area contributed by atoms with Gasteiger partial charge in [0.15, 0.2) is 6.61 Å². The van der Waals surface area contributed by atoms with Gasteiger partial charge in [-0.3, -0.25) is 9.36 Å². The summed E-state index contributed by atoms with van der Waals surface area (Å²) in [5, 5.41) is 4.49. The summed E-state index contributed by atoms with van der Waals surface area (Å²) < 4.78 is 21.6. The predicted molar refractivity (Wildman–Crippen MR) is 113 cm³/mol. The second kappa shape index (κ2) is 9.16. The zero-order chi connectivity index (χ0) is 21.8. The highest BCUT2D eigenvalue weighted by Crippen LogP contribution is 2.25. The molecule has 8 heteroatoms. The third kappa shape index (κ3) is 4.84. The van der Waals surface area contributed by atoms with E-state index in [-0.39, 0.29) is 29.9 Å². The van der Waals surface area contributed by atoms with Crippen LogP contribution in [0.25, 0.3) is 0 Å². The molecule has 4 rings (SSSR count). The lowest BCUT2D eigenvalue weighted by Gasteiger charge is -2.32. The average molecular weight is 424 g/mol. The first-order valence-corrected chi connectivity index (χ1v) is 10.3. The third-order valence-corrected chi connectivity index (χ3v) is 5.54. The number of hydrogen-bond acceptors (Lipinski definition) is 4. The van der Waals surface area contributed by atoms with E-state index in [2.05, 4.69) is 5.10 Å². The van der Waals surface area contributed by atoms with Crippen LogP contribution in [0.15, 0.2) is 59.4 Å². The summed E-state index contributed by atoms with van der Waals surface area (Å²) in [4.78, 5) is 27.1. The third-order valence-electron chi connectivity index (χ3n) is 5.54. The highest BCUT2D eigenvalue weighted by atomic mass is 19.1. The molecule has 0 radical (unpaired) electrons. The number of nitrogens with zero attached hydrogens (tertiary/aromatic N) is 4. The normalized spacial score (nSPS) is 16.3. The predicted octanol–water partition coefficient (Wildman–Crippen LogP) is 2.55. The Kier molecular flexibility index (Phi) is 6.16. The molecule has 0 saturated carbocycles. The lowest BCUT2D eigenvalue weighted by atomic mass is 9.97. The first kappa shape index (κ1) is 20.8. The van der Waals surface area contributed by atoms with Gasteiger partial charge in [0, 0.05) is 26.1 Å². The molecule has 1 aliphatic rings. The van der Waals surface area contributed by atoms with E-state index < -0.39 is 0 Å². The molecule has 7 nitrogen and oxygen atoms in total. The minimum absolute atomic E-state index is 0.0267. The van der Waals surface area contributed by atoms with E-state index >= 15 is 0 Å². The average Bonchev–Trinajstić information content (AvgIpc) is 3.08. The summed E-state index contributed by atoms with van der Waals surface area (Å²) >= 11 is 0. The second-order valence-corrected chi connectivity index (χ2v) is 7.76. The van der Waals surface area contributed by atoms with Crippen molar-refractivity contribution in [3.8, 4) is 5.75 Å². The number of halogens is 1. The smallest absolute Gasteiger partial charge is 0.345 e. The Balaban J connectivity index is 1.45. The van der Waals surface area contributed by atoms with E-state index in [9.17, 15) is 14.0 Å². The van der Waals surface area contributed by atoms with Gasteiger partial charge in [-0.15, -0.1) is 0 Å². The molecule has 0 spiro atoms. The molecule has 2 heterocycles. The number of benzene rings is 2. The fraction of sp³-hybridized carbons (Fsp3) is 0.348. The van der Waals surface area contributed by atoms with Gasteiger partial charge in [-0.05, 0) is 42.7 Å². The van der Waals surface area contributed by atoms with Crippen molar-refractivity contribution in [3.05, 3.63) is 82.3 Å². The van der Waals surface area contributed by atoms with E-state index in [4.69, 9.17) is 4.74 Å². The molecule has 1 atom stereocenters. The van der Waals surface area contributed by atoms with Gasteiger partial charge in [-0.1, -0.05) is 30.3 Å². The monoisotopic (exact) mass is 424 g/mol. The van der Waals surface area contributed by atoms with Gasteiger partial charge >= 0.3 is 5.69 Å². The summed E-state index contributed by atoms with van der Waals surface area (Å²) in [5.41, 5.74) is 0.859. The lowest BCUT2D eigenvalue weighted by molar-refractivity contribution is -0.134. The van der Waals surface area contributed by atoms with Crippen LogP contribution in [0.1, 0.15) is 30.1 Å². The molecule has 0 N–H and O–H groups in total. The van der Waals surface area contributed by atoms with Crippen LogP contribution in [0.5, 0.6) is 5.75 Å². The molecule has 162 valence electrons. The van der Waals surface area contributed by atoms with Gasteiger partial charge in [0.05, 0.1) is 6.54 Å². The van der Waals surface area contributed by atoms with Crippen molar-refractivity contribution in [2.24, 2.45) is 7.05 Å². The van der Waals surface area contributed by atoms with Crippen LogP contribution in [0, 0.1) is 5.82 Å². The van der Waals surface area contributed by atoms with E-state index in [0.717, 1.165) is 18.4 Å². The molecule has 2 aromatic carbocycles. The first-order chi connectivity index (χ1) is 15.0. The number of carbonyl (C=O) groups is 1. The topological polar surface area (TPSA) is 69.4 Å². The molecule has 0 bridgehead atoms. The number of ether oxygens (including phenoxy) is 1. The molecule has 1 aliphatic heterocycles. The Hall–Kier alpha value is -3.42. The van der Waals surface area contributed by atoms with Crippen LogP contribution >= 0.6 is 0 Å². The quantitative estimate of drug-likeness (QED) is 0.610. The Labute approximate surface area is 179 Å². The molecule has 0 aliphatic carbocycles. The molecule has 31 heavy (non-hydrogen) atoms. The number of aromatic nitrogens is 3. The summed E-state index contributed by atoms with van der Waals surface area (Å²) in [6.07, 6.45) is 1.68. The molecule has 1 fully saturated rings. The van der Waals surface area contributed by atoms with Gasteiger partial charge in [0.25, 0.3) is 5.91 Å². The van der Waals surface area contributed by atoms with Gasteiger partial charge in [0.1, 0.15) is 17.4 Å². The van der Waals surface area contributed by atoms with Crippen LogP contribution in [0.2, 0.25) is 0 Å². The van der Waals surface area contributed by atoms with Crippen molar-refractivity contribution in [1.82, 2.24) is 19.2 Å². The van der Waals surface area contributed by atoms with Gasteiger partial charge in [-0.25, -0.2) is 13.9 Å². The van der Waals surface area contributed by atoms with Crippen molar-refractivity contribution in [2.75, 3.05) is 19.7 Å². The first-order valence-electron chi connectivity index (χ1n) is 10.3. The highest BCUT2D eigenvalue weighted by molar-refractivity contribution is 5.78. The molecule has 1 saturated heterocycles. The molecule has 1 amide bonds. The fourth-order valence-corrected chi connectivity index (χ4v) is 3.92. The molecule has 1 unspecified atom stereocenters. The SMILES string of the molecule is Cn1nc(C2CCCN(C(=O)COc3ccc(F)cc3)C2)n(Cc2ccccc2)c1=O. The van der Waals surface area contributed by atoms with Crippen LogP contribution in [-0.2, 0) is 18.4 Å². The number of piperidine rings is 1. The Morgan fingerprint density at radius 3 is 2.65 bits per heavy atom. The Morgan fingerprint density at radius 2 is 1.90 bits per heavy atom. The molecular weight excluding hydrogens is 399 g/mol. The minimum Gasteiger partial charge on any atom is -0.484 e. The largest absolute Gasteiger partial charge is 0.484 e. The van der Waals surface area contributed by atoms with Crippen LogP contribution in [-0.4, -0.2) is 44.9 Å². The van der Waals surface area contributed by atoms with E-state index in [0.29, 0.717) is 31.2 Å². The van der Waals surface area contributed by atoms with Gasteiger partial charge in [0.2, 0.25) is 0 Å². The van der Waals surface area contributed by atoms with E-state index in [1.54, 1.807) is 16.5 Å². The maximum absolute atomic E-state index is 13.0. The van der Waals surface area contributed by atoms with Crippen molar-refractivity contribution in [1.29, 1.82) is 0 Å². The number of carbonyl (C=O) groups excluding carboxylic acids is 1. The minimum atomic E-state index is -0.352. The Morgan fingerprint density at radius 1 is 1.16 bits per heavy atom. The summed E-state index contributed by atoms with van der Waals surface area (Å²) in [5.74, 6) is 0.635. The van der Waals surface area contributed by atoms with Crippen LogP contribution in [0.3, 0.4) is 0 Å². The van der Waals surface area contributed by atoms with Crippen LogP contribution < -0.4 is 10.4 Å². The molecule has 3 aromatic rings. The summed E-state index contributed by atoms with van der Waals surface area (Å²) in [6, 6.07) is 15.4. The van der Waals surface area contributed by atoms with Crippen LogP contribution in [0.4, 0.5) is 4.39 Å². The maximum Gasteiger partial charge on any atom is 0.345 e. The number of likely N-dealkylation sites (tertiary alicyclic amines) is 1. The number of amides is 1. The zero-order valence-electron chi connectivity index (χ0n) is 17.4. The van der Waals surface area contributed by atoms with Crippen molar-refractivity contribution in [3.63, 3.8) is 0 Å². The standard InChI is InChI=1S/C23H25FN4O3/c1-26-23(30)28(14-17-6-3-2-4-7-17)22(25-26)18-8-5-13-27(15-18)21(29)16-31-20-11-9-19(24)10-12-20/h2-4,6-7,9-12,18H,5,8,13-16H2,1H3. The molecular formula is C23H25FN4O3. The fourth-order valence-electron chi connectivity index (χ4n) is 3.92. The summed E-state index contributed by atoms with van der Waals surface area (Å²) in [6.45, 7) is 1.45. The summed E-state index contributed by atoms with van der Waals surface area (Å²) in [7, 11) is 1.65. The van der Waals surface area contributed by atoms with E-state index in [1.165, 1.54) is 28.9 Å². The van der Waals surface area contributed by atoms with Crippen molar-refractivity contribution < 1.29 is 13.9 Å². The number of aryl methyl sites for hydroxylation is 1.